The average molecular weight is 245 g/mol. The van der Waals surface area contributed by atoms with Crippen LogP contribution in [0, 0.1) is 0 Å². The minimum Gasteiger partial charge on any atom is -0.334 e. The number of pyridine rings is 1. The first kappa shape index (κ1) is 11.7. The number of carbonyl (C=O) groups excluding carboxylic acids is 1. The van der Waals surface area contributed by atoms with Gasteiger partial charge in [0.05, 0.1) is 12.1 Å². The van der Waals surface area contributed by atoms with Crippen LogP contribution in [0.4, 0.5) is 0 Å². The van der Waals surface area contributed by atoms with Crippen molar-refractivity contribution in [1.29, 1.82) is 0 Å². The molecule has 0 aliphatic carbocycles. The highest BCUT2D eigenvalue weighted by atomic mass is 16.2. The lowest BCUT2D eigenvalue weighted by atomic mass is 10.1. The molecule has 1 aromatic rings. The third-order valence-corrected chi connectivity index (χ3v) is 3.99. The van der Waals surface area contributed by atoms with Crippen LogP contribution < -0.4 is 5.32 Å². The number of nitrogens with one attached hydrogen (secondary N) is 1. The Morgan fingerprint density at radius 2 is 2.11 bits per heavy atom. The summed E-state index contributed by atoms with van der Waals surface area (Å²) in [4.78, 5) is 18.6. The van der Waals surface area contributed by atoms with E-state index in [0.717, 1.165) is 38.8 Å². The molecule has 1 amide bonds. The number of amides is 1. The first-order valence-corrected chi connectivity index (χ1v) is 6.80. The topological polar surface area (TPSA) is 45.2 Å². The van der Waals surface area contributed by atoms with Crippen LogP contribution in [-0.2, 0) is 4.79 Å². The van der Waals surface area contributed by atoms with Crippen molar-refractivity contribution in [1.82, 2.24) is 15.2 Å². The smallest absolute Gasteiger partial charge is 0.240 e. The highest BCUT2D eigenvalue weighted by Gasteiger charge is 2.34. The maximum atomic E-state index is 12.5. The molecule has 2 fully saturated rings. The average Bonchev–Trinajstić information content (AvgIpc) is 3.10. The molecule has 3 heterocycles. The Morgan fingerprint density at radius 3 is 2.83 bits per heavy atom. The summed E-state index contributed by atoms with van der Waals surface area (Å²) in [6, 6.07) is 4.35. The van der Waals surface area contributed by atoms with E-state index in [-0.39, 0.29) is 18.0 Å². The Hall–Kier alpha value is -1.42. The number of aromatic nitrogens is 1. The second-order valence-corrected chi connectivity index (χ2v) is 5.12. The van der Waals surface area contributed by atoms with E-state index < -0.39 is 0 Å². The number of rotatable bonds is 2. The number of nitrogens with zero attached hydrogens (tertiary/aromatic N) is 2. The van der Waals surface area contributed by atoms with E-state index in [9.17, 15) is 4.79 Å². The van der Waals surface area contributed by atoms with Gasteiger partial charge in [-0.25, -0.2) is 0 Å². The molecule has 0 spiro atoms. The van der Waals surface area contributed by atoms with Crippen LogP contribution in [0.5, 0.6) is 0 Å². The van der Waals surface area contributed by atoms with Crippen molar-refractivity contribution in [3.63, 3.8) is 0 Å². The highest BCUT2D eigenvalue weighted by molar-refractivity contribution is 5.82. The summed E-state index contributed by atoms with van der Waals surface area (Å²) in [6.45, 7) is 1.87. The molecule has 0 saturated carbocycles. The summed E-state index contributed by atoms with van der Waals surface area (Å²) in [6.07, 6.45) is 7.89. The maximum Gasteiger partial charge on any atom is 0.240 e. The summed E-state index contributed by atoms with van der Waals surface area (Å²) in [7, 11) is 0. The standard InChI is InChI=1S/C14H19N3O/c18-14(12-3-1-7-16-12)17-10-2-4-13(17)11-5-8-15-9-6-11/h5-6,8-9,12-13,16H,1-4,7,10H2. The van der Waals surface area contributed by atoms with Crippen LogP contribution >= 0.6 is 0 Å². The van der Waals surface area contributed by atoms with Gasteiger partial charge in [-0.2, -0.15) is 0 Å². The van der Waals surface area contributed by atoms with Gasteiger partial charge >= 0.3 is 0 Å². The zero-order chi connectivity index (χ0) is 12.4. The molecule has 0 aromatic carbocycles. The quantitative estimate of drug-likeness (QED) is 0.858. The fourth-order valence-electron chi connectivity index (χ4n) is 3.06. The van der Waals surface area contributed by atoms with Crippen molar-refractivity contribution in [2.24, 2.45) is 0 Å². The first-order valence-electron chi connectivity index (χ1n) is 6.80. The largest absolute Gasteiger partial charge is 0.334 e. The Labute approximate surface area is 107 Å². The summed E-state index contributed by atoms with van der Waals surface area (Å²) in [5.41, 5.74) is 1.22. The Bertz CT molecular complexity index is 414. The zero-order valence-corrected chi connectivity index (χ0v) is 10.5. The first-order chi connectivity index (χ1) is 8.86. The predicted octanol–water partition coefficient (Wildman–Crippen LogP) is 1.50. The van der Waals surface area contributed by atoms with E-state index in [0.29, 0.717) is 0 Å². The molecule has 4 heteroatoms. The molecule has 2 aliphatic rings. The molecule has 4 nitrogen and oxygen atoms in total. The molecule has 0 radical (unpaired) electrons. The molecule has 2 atom stereocenters. The van der Waals surface area contributed by atoms with E-state index in [1.54, 1.807) is 0 Å². The number of likely N-dealkylation sites (tertiary alicyclic amines) is 1. The molecule has 2 aliphatic heterocycles. The van der Waals surface area contributed by atoms with Crippen molar-refractivity contribution >= 4 is 5.91 Å². The van der Waals surface area contributed by atoms with Gasteiger partial charge in [0.15, 0.2) is 0 Å². The van der Waals surface area contributed by atoms with Crippen LogP contribution in [0.2, 0.25) is 0 Å². The fourth-order valence-corrected chi connectivity index (χ4v) is 3.06. The Kier molecular flexibility index (Phi) is 3.28. The van der Waals surface area contributed by atoms with Gasteiger partial charge in [-0.05, 0) is 49.9 Å². The molecule has 0 bridgehead atoms. The van der Waals surface area contributed by atoms with E-state index in [2.05, 4.69) is 15.2 Å². The number of hydrogen-bond donors (Lipinski definition) is 1. The van der Waals surface area contributed by atoms with Crippen LogP contribution in [-0.4, -0.2) is 34.9 Å². The van der Waals surface area contributed by atoms with Crippen LogP contribution in [0.25, 0.3) is 0 Å². The minimum absolute atomic E-state index is 0.0486. The minimum atomic E-state index is 0.0486. The second-order valence-electron chi connectivity index (χ2n) is 5.12. The SMILES string of the molecule is O=C(C1CCCN1)N1CCCC1c1ccncc1. The summed E-state index contributed by atoms with van der Waals surface area (Å²) >= 11 is 0. The van der Waals surface area contributed by atoms with Crippen LogP contribution in [0.3, 0.4) is 0 Å². The van der Waals surface area contributed by atoms with Gasteiger partial charge in [0, 0.05) is 18.9 Å². The maximum absolute atomic E-state index is 12.5. The van der Waals surface area contributed by atoms with E-state index in [4.69, 9.17) is 0 Å². The molecule has 96 valence electrons. The molecular weight excluding hydrogens is 226 g/mol. The van der Waals surface area contributed by atoms with Gasteiger partial charge in [-0.1, -0.05) is 0 Å². The zero-order valence-electron chi connectivity index (χ0n) is 10.5. The molecule has 3 rings (SSSR count). The van der Waals surface area contributed by atoms with E-state index >= 15 is 0 Å². The van der Waals surface area contributed by atoms with Gasteiger partial charge in [0.2, 0.25) is 5.91 Å². The van der Waals surface area contributed by atoms with Crippen molar-refractivity contribution < 1.29 is 4.79 Å². The fraction of sp³-hybridized carbons (Fsp3) is 0.571. The third kappa shape index (κ3) is 2.12. The second kappa shape index (κ2) is 5.06. The monoisotopic (exact) mass is 245 g/mol. The molecule has 2 saturated heterocycles. The number of carbonyl (C=O) groups is 1. The highest BCUT2D eigenvalue weighted by Crippen LogP contribution is 2.32. The number of hydrogen-bond acceptors (Lipinski definition) is 3. The molecule has 2 unspecified atom stereocenters. The predicted molar refractivity (Wildman–Crippen MR) is 68.9 cm³/mol. The van der Waals surface area contributed by atoms with Crippen molar-refractivity contribution in [2.45, 2.75) is 37.8 Å². The normalized spacial score (nSPS) is 27.7. The van der Waals surface area contributed by atoms with Crippen molar-refractivity contribution in [3.8, 4) is 0 Å². The van der Waals surface area contributed by atoms with Gasteiger partial charge in [0.1, 0.15) is 0 Å². The molecule has 18 heavy (non-hydrogen) atoms. The molecule has 1 aromatic heterocycles. The van der Waals surface area contributed by atoms with E-state index in [1.807, 2.05) is 24.5 Å². The van der Waals surface area contributed by atoms with Crippen LogP contribution in [0.15, 0.2) is 24.5 Å². The van der Waals surface area contributed by atoms with Crippen LogP contribution in [0.1, 0.15) is 37.3 Å². The van der Waals surface area contributed by atoms with Crippen molar-refractivity contribution in [2.75, 3.05) is 13.1 Å². The van der Waals surface area contributed by atoms with Crippen molar-refractivity contribution in [3.05, 3.63) is 30.1 Å². The van der Waals surface area contributed by atoms with Gasteiger partial charge in [-0.15, -0.1) is 0 Å². The van der Waals surface area contributed by atoms with Gasteiger partial charge in [-0.3, -0.25) is 9.78 Å². The van der Waals surface area contributed by atoms with E-state index in [1.165, 1.54) is 5.56 Å². The van der Waals surface area contributed by atoms with Gasteiger partial charge < -0.3 is 10.2 Å². The molecule has 1 N–H and O–H groups in total. The molecular formula is C14H19N3O. The lowest BCUT2D eigenvalue weighted by Gasteiger charge is -2.27. The summed E-state index contributed by atoms with van der Waals surface area (Å²) < 4.78 is 0. The Morgan fingerprint density at radius 1 is 1.28 bits per heavy atom. The summed E-state index contributed by atoms with van der Waals surface area (Å²) in [5, 5.41) is 3.30. The lowest BCUT2D eigenvalue weighted by molar-refractivity contribution is -0.134. The lowest BCUT2D eigenvalue weighted by Crippen LogP contribution is -2.43. The Balaban J connectivity index is 1.77. The van der Waals surface area contributed by atoms with Gasteiger partial charge in [0.25, 0.3) is 0 Å². The summed E-state index contributed by atoms with van der Waals surface area (Å²) in [5.74, 6) is 0.284. The third-order valence-electron chi connectivity index (χ3n) is 3.99.